The minimum atomic E-state index is 0.338. The van der Waals surface area contributed by atoms with Crippen LogP contribution in [-0.2, 0) is 4.74 Å². The number of anilines is 1. The third-order valence-electron chi connectivity index (χ3n) is 4.69. The molecule has 1 aliphatic rings. The van der Waals surface area contributed by atoms with E-state index < -0.39 is 0 Å². The van der Waals surface area contributed by atoms with E-state index in [9.17, 15) is 0 Å². The van der Waals surface area contributed by atoms with E-state index in [-0.39, 0.29) is 0 Å². The molecular formula is C20H23N5O2. The van der Waals surface area contributed by atoms with Crippen molar-refractivity contribution in [1.82, 2.24) is 19.7 Å². The first-order valence-corrected chi connectivity index (χ1v) is 9.04. The number of methoxy groups -OCH3 is 1. The summed E-state index contributed by atoms with van der Waals surface area (Å²) < 4.78 is 12.6. The van der Waals surface area contributed by atoms with Gasteiger partial charge in [-0.05, 0) is 26.0 Å². The Balaban J connectivity index is 1.75. The van der Waals surface area contributed by atoms with E-state index in [1.165, 1.54) is 5.56 Å². The van der Waals surface area contributed by atoms with Crippen LogP contribution in [0.4, 0.5) is 5.82 Å². The zero-order valence-electron chi connectivity index (χ0n) is 15.8. The fraction of sp³-hybridized carbons (Fsp3) is 0.350. The Bertz CT molecular complexity index is 947. The molecule has 140 valence electrons. The molecule has 1 aromatic carbocycles. The molecule has 0 radical (unpaired) electrons. The third kappa shape index (κ3) is 3.50. The maximum Gasteiger partial charge on any atom is 0.320 e. The van der Waals surface area contributed by atoms with Crippen LogP contribution in [0.1, 0.15) is 11.1 Å². The molecule has 27 heavy (non-hydrogen) atoms. The molecule has 1 saturated heterocycles. The molecular weight excluding hydrogens is 342 g/mol. The lowest BCUT2D eigenvalue weighted by atomic mass is 10.1. The van der Waals surface area contributed by atoms with Crippen molar-refractivity contribution in [1.29, 1.82) is 0 Å². The summed E-state index contributed by atoms with van der Waals surface area (Å²) in [6, 6.07) is 10.6. The van der Waals surface area contributed by atoms with E-state index in [4.69, 9.17) is 14.6 Å². The highest BCUT2D eigenvalue weighted by atomic mass is 16.5. The largest absolute Gasteiger partial charge is 0.467 e. The number of nitrogens with zero attached hydrogens (tertiary/aromatic N) is 5. The Labute approximate surface area is 158 Å². The quantitative estimate of drug-likeness (QED) is 0.708. The molecule has 3 heterocycles. The highest BCUT2D eigenvalue weighted by Crippen LogP contribution is 2.27. The van der Waals surface area contributed by atoms with Gasteiger partial charge < -0.3 is 14.4 Å². The molecule has 0 spiro atoms. The zero-order valence-corrected chi connectivity index (χ0v) is 15.8. The van der Waals surface area contributed by atoms with Gasteiger partial charge in [-0.1, -0.05) is 23.8 Å². The van der Waals surface area contributed by atoms with Gasteiger partial charge in [-0.3, -0.25) is 0 Å². The lowest BCUT2D eigenvalue weighted by Crippen LogP contribution is -2.37. The number of morpholine rings is 1. The predicted octanol–water partition coefficient (Wildman–Crippen LogP) is 2.79. The Morgan fingerprint density at radius 1 is 1.04 bits per heavy atom. The van der Waals surface area contributed by atoms with Gasteiger partial charge in [0.05, 0.1) is 26.0 Å². The van der Waals surface area contributed by atoms with E-state index >= 15 is 0 Å². The predicted molar refractivity (Wildman–Crippen MR) is 104 cm³/mol. The van der Waals surface area contributed by atoms with Crippen molar-refractivity contribution in [3.8, 4) is 23.1 Å². The Morgan fingerprint density at radius 3 is 2.56 bits per heavy atom. The molecule has 1 aliphatic heterocycles. The number of ether oxygens (including phenoxy) is 2. The van der Waals surface area contributed by atoms with Crippen LogP contribution >= 0.6 is 0 Å². The SMILES string of the molecule is COc1nc(N2CCOCC2)c(C)c(-n2ccc(-c3cccc(C)c3)n2)n1. The molecule has 2 aromatic heterocycles. The van der Waals surface area contributed by atoms with Crippen molar-refractivity contribution in [3.05, 3.63) is 47.7 Å². The van der Waals surface area contributed by atoms with Gasteiger partial charge in [-0.25, -0.2) is 4.68 Å². The van der Waals surface area contributed by atoms with Gasteiger partial charge in [0.15, 0.2) is 5.82 Å². The van der Waals surface area contributed by atoms with Crippen molar-refractivity contribution in [2.24, 2.45) is 0 Å². The van der Waals surface area contributed by atoms with Gasteiger partial charge in [0, 0.05) is 30.4 Å². The average molecular weight is 365 g/mol. The molecule has 7 heteroatoms. The first-order valence-electron chi connectivity index (χ1n) is 9.04. The molecule has 1 fully saturated rings. The topological polar surface area (TPSA) is 65.3 Å². The second-order valence-corrected chi connectivity index (χ2v) is 6.60. The Hall–Kier alpha value is -2.93. The van der Waals surface area contributed by atoms with Crippen LogP contribution in [0.3, 0.4) is 0 Å². The fourth-order valence-corrected chi connectivity index (χ4v) is 3.27. The van der Waals surface area contributed by atoms with Crippen LogP contribution in [0.2, 0.25) is 0 Å². The number of rotatable bonds is 4. The fourth-order valence-electron chi connectivity index (χ4n) is 3.27. The second kappa shape index (κ2) is 7.36. The summed E-state index contributed by atoms with van der Waals surface area (Å²) in [4.78, 5) is 11.3. The molecule has 4 rings (SSSR count). The Morgan fingerprint density at radius 2 is 1.81 bits per heavy atom. The molecule has 0 N–H and O–H groups in total. The standard InChI is InChI=1S/C20H23N5O2/c1-14-5-4-6-16(13-14)17-7-8-25(23-17)19-15(2)18(21-20(22-19)26-3)24-9-11-27-12-10-24/h4-8,13H,9-12H2,1-3H3. The van der Waals surface area contributed by atoms with Crippen LogP contribution < -0.4 is 9.64 Å². The molecule has 0 bridgehead atoms. The van der Waals surface area contributed by atoms with Gasteiger partial charge in [0.2, 0.25) is 0 Å². The summed E-state index contributed by atoms with van der Waals surface area (Å²) in [5.74, 6) is 1.59. The molecule has 3 aromatic rings. The molecule has 0 aliphatic carbocycles. The molecule has 0 atom stereocenters. The van der Waals surface area contributed by atoms with Crippen LogP contribution in [0.25, 0.3) is 17.1 Å². The number of aromatic nitrogens is 4. The van der Waals surface area contributed by atoms with E-state index in [1.807, 2.05) is 25.3 Å². The summed E-state index contributed by atoms with van der Waals surface area (Å²) in [5, 5.41) is 4.74. The number of aryl methyl sites for hydroxylation is 1. The van der Waals surface area contributed by atoms with Crippen LogP contribution in [0.15, 0.2) is 36.5 Å². The first-order chi connectivity index (χ1) is 13.2. The average Bonchev–Trinajstić information content (AvgIpc) is 3.19. The smallest absolute Gasteiger partial charge is 0.320 e. The lowest BCUT2D eigenvalue weighted by Gasteiger charge is -2.29. The normalized spacial score (nSPS) is 14.4. The van der Waals surface area contributed by atoms with Crippen molar-refractivity contribution in [2.45, 2.75) is 13.8 Å². The summed E-state index contributed by atoms with van der Waals surface area (Å²) in [7, 11) is 1.58. The minimum absolute atomic E-state index is 0.338. The Kier molecular flexibility index (Phi) is 4.77. The van der Waals surface area contributed by atoms with E-state index in [1.54, 1.807) is 11.8 Å². The van der Waals surface area contributed by atoms with E-state index in [0.717, 1.165) is 41.5 Å². The molecule has 0 unspecified atom stereocenters. The number of benzene rings is 1. The first kappa shape index (κ1) is 17.5. The van der Waals surface area contributed by atoms with Crippen LogP contribution in [0, 0.1) is 13.8 Å². The summed E-state index contributed by atoms with van der Waals surface area (Å²) in [6.45, 7) is 7.09. The van der Waals surface area contributed by atoms with Gasteiger partial charge in [0.1, 0.15) is 5.82 Å². The molecule has 0 saturated carbocycles. The maximum absolute atomic E-state index is 5.46. The summed E-state index contributed by atoms with van der Waals surface area (Å²) >= 11 is 0. The van der Waals surface area contributed by atoms with E-state index in [0.29, 0.717) is 19.2 Å². The maximum atomic E-state index is 5.46. The van der Waals surface area contributed by atoms with Crippen LogP contribution in [-0.4, -0.2) is 53.2 Å². The third-order valence-corrected chi connectivity index (χ3v) is 4.69. The van der Waals surface area contributed by atoms with Crippen molar-refractivity contribution in [3.63, 3.8) is 0 Å². The highest BCUT2D eigenvalue weighted by molar-refractivity contribution is 5.60. The highest BCUT2D eigenvalue weighted by Gasteiger charge is 2.20. The van der Waals surface area contributed by atoms with Crippen molar-refractivity contribution < 1.29 is 9.47 Å². The van der Waals surface area contributed by atoms with Gasteiger partial charge in [-0.15, -0.1) is 0 Å². The second-order valence-electron chi connectivity index (χ2n) is 6.60. The van der Waals surface area contributed by atoms with E-state index in [2.05, 4.69) is 40.0 Å². The van der Waals surface area contributed by atoms with Crippen molar-refractivity contribution in [2.75, 3.05) is 38.3 Å². The van der Waals surface area contributed by atoms with Crippen LogP contribution in [0.5, 0.6) is 6.01 Å². The zero-order chi connectivity index (χ0) is 18.8. The lowest BCUT2D eigenvalue weighted by molar-refractivity contribution is 0.122. The van der Waals surface area contributed by atoms with Crippen molar-refractivity contribution >= 4 is 5.82 Å². The molecule has 7 nitrogen and oxygen atoms in total. The summed E-state index contributed by atoms with van der Waals surface area (Å²) in [5.41, 5.74) is 4.16. The summed E-state index contributed by atoms with van der Waals surface area (Å²) in [6.07, 6.45) is 1.93. The minimum Gasteiger partial charge on any atom is -0.467 e. The van der Waals surface area contributed by atoms with Gasteiger partial charge in [0.25, 0.3) is 0 Å². The number of hydrogen-bond acceptors (Lipinski definition) is 6. The van der Waals surface area contributed by atoms with Gasteiger partial charge in [-0.2, -0.15) is 15.1 Å². The molecule has 0 amide bonds. The van der Waals surface area contributed by atoms with Gasteiger partial charge >= 0.3 is 6.01 Å². The monoisotopic (exact) mass is 365 g/mol. The number of hydrogen-bond donors (Lipinski definition) is 0.